The minimum Gasteiger partial charge on any atom is -0.486 e. The molecule has 0 unspecified atom stereocenters. The van der Waals surface area contributed by atoms with Gasteiger partial charge in [0.25, 0.3) is 0 Å². The van der Waals surface area contributed by atoms with E-state index in [0.29, 0.717) is 18.4 Å². The molecule has 0 N–H and O–H groups in total. The molecule has 0 amide bonds. The Balaban J connectivity index is 2.05. The maximum absolute atomic E-state index is 11.0. The number of nitro benzene ring substituents is 1. The van der Waals surface area contributed by atoms with Crippen LogP contribution >= 0.6 is 15.9 Å². The van der Waals surface area contributed by atoms with Crippen molar-refractivity contribution < 1.29 is 9.66 Å². The number of hydrogen-bond acceptors (Lipinski definition) is 4. The molecule has 0 aliphatic heterocycles. The van der Waals surface area contributed by atoms with E-state index in [2.05, 4.69) is 20.9 Å². The molecular formula is C13H14BrN3O3. The Morgan fingerprint density at radius 2 is 2.30 bits per heavy atom. The van der Waals surface area contributed by atoms with E-state index in [1.165, 1.54) is 6.07 Å². The van der Waals surface area contributed by atoms with Crippen molar-refractivity contribution in [3.63, 3.8) is 0 Å². The SMILES string of the molecule is Cn1ccnc1CCOc1ccc(CBr)cc1[N+](=O)[O-]. The second-order valence-electron chi connectivity index (χ2n) is 4.25. The van der Waals surface area contributed by atoms with Crippen LogP contribution in [-0.4, -0.2) is 21.1 Å². The van der Waals surface area contributed by atoms with Crippen molar-refractivity contribution in [2.24, 2.45) is 7.05 Å². The van der Waals surface area contributed by atoms with Gasteiger partial charge in [0.15, 0.2) is 5.75 Å². The second kappa shape index (κ2) is 6.51. The second-order valence-corrected chi connectivity index (χ2v) is 4.81. The Labute approximate surface area is 124 Å². The first-order chi connectivity index (χ1) is 9.61. The van der Waals surface area contributed by atoms with Gasteiger partial charge in [0.1, 0.15) is 5.82 Å². The molecule has 0 bridgehead atoms. The van der Waals surface area contributed by atoms with E-state index in [4.69, 9.17) is 4.74 Å². The molecule has 0 aliphatic carbocycles. The molecule has 7 heteroatoms. The third-order valence-corrected chi connectivity index (χ3v) is 3.53. The quantitative estimate of drug-likeness (QED) is 0.461. The van der Waals surface area contributed by atoms with Crippen molar-refractivity contribution in [1.29, 1.82) is 0 Å². The number of imidazole rings is 1. The molecule has 0 aliphatic rings. The van der Waals surface area contributed by atoms with Gasteiger partial charge in [-0.25, -0.2) is 4.98 Å². The predicted molar refractivity (Wildman–Crippen MR) is 78.1 cm³/mol. The van der Waals surface area contributed by atoms with E-state index >= 15 is 0 Å². The highest BCUT2D eigenvalue weighted by molar-refractivity contribution is 9.08. The number of halogens is 1. The van der Waals surface area contributed by atoms with Crippen LogP contribution in [0.25, 0.3) is 0 Å². The first-order valence-corrected chi connectivity index (χ1v) is 7.16. The molecule has 2 aromatic rings. The highest BCUT2D eigenvalue weighted by Crippen LogP contribution is 2.28. The van der Waals surface area contributed by atoms with E-state index in [9.17, 15) is 10.1 Å². The van der Waals surface area contributed by atoms with Crippen LogP contribution in [0.2, 0.25) is 0 Å². The average Bonchev–Trinajstić information content (AvgIpc) is 2.84. The molecule has 0 saturated heterocycles. The van der Waals surface area contributed by atoms with Crippen LogP contribution in [0.1, 0.15) is 11.4 Å². The number of rotatable bonds is 6. The van der Waals surface area contributed by atoms with Gasteiger partial charge < -0.3 is 9.30 Å². The monoisotopic (exact) mass is 339 g/mol. The number of aryl methyl sites for hydroxylation is 1. The number of aromatic nitrogens is 2. The van der Waals surface area contributed by atoms with Gasteiger partial charge in [-0.15, -0.1) is 0 Å². The molecule has 2 rings (SSSR count). The summed E-state index contributed by atoms with van der Waals surface area (Å²) in [5.74, 6) is 1.17. The lowest BCUT2D eigenvalue weighted by atomic mass is 10.2. The molecule has 0 atom stereocenters. The lowest BCUT2D eigenvalue weighted by molar-refractivity contribution is -0.385. The Hall–Kier alpha value is -1.89. The number of nitro groups is 1. The standard InChI is InChI=1S/C13H14BrN3O3/c1-16-6-5-15-13(16)4-7-20-12-3-2-10(9-14)8-11(12)17(18)19/h2-3,5-6,8H,4,7,9H2,1H3. The van der Waals surface area contributed by atoms with E-state index < -0.39 is 4.92 Å². The number of hydrogen-bond donors (Lipinski definition) is 0. The van der Waals surface area contributed by atoms with E-state index in [1.54, 1.807) is 18.3 Å². The first-order valence-electron chi connectivity index (χ1n) is 6.04. The van der Waals surface area contributed by atoms with Gasteiger partial charge in [-0.05, 0) is 11.6 Å². The van der Waals surface area contributed by atoms with Crippen molar-refractivity contribution in [3.05, 3.63) is 52.1 Å². The molecule has 1 heterocycles. The largest absolute Gasteiger partial charge is 0.486 e. The predicted octanol–water partition coefficient (Wildman–Crippen LogP) is 2.84. The Morgan fingerprint density at radius 1 is 1.50 bits per heavy atom. The van der Waals surface area contributed by atoms with Crippen molar-refractivity contribution in [3.8, 4) is 5.75 Å². The molecule has 0 saturated carbocycles. The summed E-state index contributed by atoms with van der Waals surface area (Å²) in [4.78, 5) is 14.8. The van der Waals surface area contributed by atoms with Crippen molar-refractivity contribution in [1.82, 2.24) is 9.55 Å². The molecular weight excluding hydrogens is 326 g/mol. The van der Waals surface area contributed by atoms with Gasteiger partial charge in [0.05, 0.1) is 11.5 Å². The highest BCUT2D eigenvalue weighted by Gasteiger charge is 2.15. The lowest BCUT2D eigenvalue weighted by Gasteiger charge is -2.07. The summed E-state index contributed by atoms with van der Waals surface area (Å²) in [5, 5.41) is 11.6. The molecule has 1 aromatic heterocycles. The molecule has 20 heavy (non-hydrogen) atoms. The summed E-state index contributed by atoms with van der Waals surface area (Å²) in [6.07, 6.45) is 4.16. The van der Waals surface area contributed by atoms with Crippen LogP contribution in [0.4, 0.5) is 5.69 Å². The summed E-state index contributed by atoms with van der Waals surface area (Å²) in [6.45, 7) is 0.347. The summed E-state index contributed by atoms with van der Waals surface area (Å²) in [5.41, 5.74) is 0.829. The maximum Gasteiger partial charge on any atom is 0.311 e. The van der Waals surface area contributed by atoms with Gasteiger partial charge in [0.2, 0.25) is 0 Å². The first kappa shape index (κ1) is 14.5. The van der Waals surface area contributed by atoms with E-state index in [1.807, 2.05) is 17.8 Å². The van der Waals surface area contributed by atoms with Crippen LogP contribution < -0.4 is 4.74 Å². The van der Waals surface area contributed by atoms with Crippen molar-refractivity contribution in [2.45, 2.75) is 11.8 Å². The zero-order valence-corrected chi connectivity index (χ0v) is 12.5. The maximum atomic E-state index is 11.0. The highest BCUT2D eigenvalue weighted by atomic mass is 79.9. The van der Waals surface area contributed by atoms with Crippen LogP contribution in [0.5, 0.6) is 5.75 Å². The van der Waals surface area contributed by atoms with Crippen molar-refractivity contribution in [2.75, 3.05) is 6.61 Å². The fourth-order valence-corrected chi connectivity index (χ4v) is 2.15. The van der Waals surface area contributed by atoms with Crippen LogP contribution in [-0.2, 0) is 18.8 Å². The van der Waals surface area contributed by atoms with Gasteiger partial charge in [0, 0.05) is 37.3 Å². The van der Waals surface area contributed by atoms with Crippen molar-refractivity contribution >= 4 is 21.6 Å². The Morgan fingerprint density at radius 3 is 2.90 bits per heavy atom. The van der Waals surface area contributed by atoms with Gasteiger partial charge >= 0.3 is 5.69 Å². The van der Waals surface area contributed by atoms with Gasteiger partial charge in [-0.2, -0.15) is 0 Å². The third-order valence-electron chi connectivity index (χ3n) is 2.88. The third kappa shape index (κ3) is 3.36. The Kier molecular flexibility index (Phi) is 4.73. The average molecular weight is 340 g/mol. The molecule has 0 fully saturated rings. The molecule has 1 aromatic carbocycles. The van der Waals surface area contributed by atoms with E-state index in [-0.39, 0.29) is 11.4 Å². The summed E-state index contributed by atoms with van der Waals surface area (Å²) < 4.78 is 7.41. The number of alkyl halides is 1. The van der Waals surface area contributed by atoms with Gasteiger partial charge in [-0.1, -0.05) is 22.0 Å². The lowest BCUT2D eigenvalue weighted by Crippen LogP contribution is -2.07. The molecule has 6 nitrogen and oxygen atoms in total. The zero-order chi connectivity index (χ0) is 14.5. The molecule has 106 valence electrons. The summed E-state index contributed by atoms with van der Waals surface area (Å²) in [6, 6.07) is 4.95. The smallest absolute Gasteiger partial charge is 0.311 e. The minimum absolute atomic E-state index is 0.0122. The fraction of sp³-hybridized carbons (Fsp3) is 0.308. The zero-order valence-electron chi connectivity index (χ0n) is 11.0. The summed E-state index contributed by atoms with van der Waals surface area (Å²) >= 11 is 3.28. The normalized spacial score (nSPS) is 10.5. The Bertz CT molecular complexity index is 613. The topological polar surface area (TPSA) is 70.2 Å². The van der Waals surface area contributed by atoms with Crippen LogP contribution in [0, 0.1) is 10.1 Å². The van der Waals surface area contributed by atoms with Crippen LogP contribution in [0.3, 0.4) is 0 Å². The fourth-order valence-electron chi connectivity index (χ4n) is 1.80. The minimum atomic E-state index is -0.428. The summed E-state index contributed by atoms with van der Waals surface area (Å²) in [7, 11) is 1.90. The van der Waals surface area contributed by atoms with Crippen LogP contribution in [0.15, 0.2) is 30.6 Å². The molecule has 0 spiro atoms. The van der Waals surface area contributed by atoms with E-state index in [0.717, 1.165) is 11.4 Å². The van der Waals surface area contributed by atoms with Gasteiger partial charge in [-0.3, -0.25) is 10.1 Å². The molecule has 0 radical (unpaired) electrons. The number of nitrogens with zero attached hydrogens (tertiary/aromatic N) is 3. The number of benzene rings is 1. The number of ether oxygens (including phenoxy) is 1.